The summed E-state index contributed by atoms with van der Waals surface area (Å²) in [4.78, 5) is 4.33. The van der Waals surface area contributed by atoms with Crippen molar-refractivity contribution in [2.24, 2.45) is 0 Å². The first-order valence-electron chi connectivity index (χ1n) is 6.72. The van der Waals surface area contributed by atoms with Crippen molar-refractivity contribution >= 4 is 21.4 Å². The fourth-order valence-electron chi connectivity index (χ4n) is 1.99. The average Bonchev–Trinajstić information content (AvgIpc) is 2.84. The zero-order valence-corrected chi connectivity index (χ0v) is 13.8. The van der Waals surface area contributed by atoms with Gasteiger partial charge in [0, 0.05) is 22.3 Å². The van der Waals surface area contributed by atoms with E-state index >= 15 is 0 Å². The maximum Gasteiger partial charge on any atom is 0.245 e. The first kappa shape index (κ1) is 14.1. The van der Waals surface area contributed by atoms with Crippen LogP contribution < -0.4 is 4.74 Å². The predicted octanol–water partition coefficient (Wildman–Crippen LogP) is 4.58. The third kappa shape index (κ3) is 2.93. The molecule has 4 nitrogen and oxygen atoms in total. The number of aromatic nitrogens is 3. The molecule has 0 radical (unpaired) electrons. The van der Waals surface area contributed by atoms with Crippen molar-refractivity contribution in [2.45, 2.75) is 26.2 Å². The van der Waals surface area contributed by atoms with Crippen molar-refractivity contribution in [1.82, 2.24) is 14.6 Å². The monoisotopic (exact) mass is 345 g/mol. The van der Waals surface area contributed by atoms with Gasteiger partial charge in [0.2, 0.25) is 5.88 Å². The molecule has 21 heavy (non-hydrogen) atoms. The zero-order valence-electron chi connectivity index (χ0n) is 12.2. The Balaban J connectivity index is 2.04. The molecule has 2 heterocycles. The summed E-state index contributed by atoms with van der Waals surface area (Å²) in [6.45, 7) is 6.41. The Kier molecular flexibility index (Phi) is 3.45. The summed E-state index contributed by atoms with van der Waals surface area (Å²) in [6, 6.07) is 9.72. The van der Waals surface area contributed by atoms with Gasteiger partial charge in [0.15, 0.2) is 0 Å². The molecule has 5 heteroatoms. The quantitative estimate of drug-likeness (QED) is 0.682. The number of fused-ring (bicyclic) bond motifs is 1. The summed E-state index contributed by atoms with van der Waals surface area (Å²) in [5, 5.41) is 4.59. The molecular formula is C16H16BrN3O. The lowest BCUT2D eigenvalue weighted by atomic mass is 9.92. The van der Waals surface area contributed by atoms with Crippen molar-refractivity contribution in [3.8, 4) is 11.6 Å². The van der Waals surface area contributed by atoms with E-state index in [0.717, 1.165) is 21.4 Å². The van der Waals surface area contributed by atoms with Crippen molar-refractivity contribution in [3.05, 3.63) is 52.9 Å². The highest BCUT2D eigenvalue weighted by Gasteiger charge is 2.19. The van der Waals surface area contributed by atoms with E-state index in [-0.39, 0.29) is 5.41 Å². The summed E-state index contributed by atoms with van der Waals surface area (Å²) in [5.41, 5.74) is 1.86. The highest BCUT2D eigenvalue weighted by molar-refractivity contribution is 9.10. The second-order valence-electron chi connectivity index (χ2n) is 5.90. The molecule has 0 fully saturated rings. The van der Waals surface area contributed by atoms with Crippen LogP contribution in [0.3, 0.4) is 0 Å². The third-order valence-corrected chi connectivity index (χ3v) is 3.63. The van der Waals surface area contributed by atoms with Crippen LogP contribution in [-0.2, 0) is 5.41 Å². The molecule has 3 aromatic rings. The van der Waals surface area contributed by atoms with E-state index in [4.69, 9.17) is 4.74 Å². The maximum atomic E-state index is 5.90. The van der Waals surface area contributed by atoms with Gasteiger partial charge in [-0.3, -0.25) is 0 Å². The molecule has 108 valence electrons. The lowest BCUT2D eigenvalue weighted by Gasteiger charge is -2.13. The van der Waals surface area contributed by atoms with E-state index in [0.29, 0.717) is 5.88 Å². The number of halogens is 1. The average molecular weight is 346 g/mol. The predicted molar refractivity (Wildman–Crippen MR) is 85.9 cm³/mol. The van der Waals surface area contributed by atoms with Crippen LogP contribution in [0.15, 0.2) is 47.2 Å². The first-order valence-corrected chi connectivity index (χ1v) is 7.51. The number of ether oxygens (including phenoxy) is 1. The van der Waals surface area contributed by atoms with E-state index in [1.165, 1.54) is 0 Å². The molecular weight excluding hydrogens is 330 g/mol. The number of rotatable bonds is 2. The van der Waals surface area contributed by atoms with E-state index in [1.54, 1.807) is 10.7 Å². The molecule has 0 bridgehead atoms. The van der Waals surface area contributed by atoms with Crippen molar-refractivity contribution in [1.29, 1.82) is 0 Å². The van der Waals surface area contributed by atoms with Gasteiger partial charge < -0.3 is 4.74 Å². The second kappa shape index (κ2) is 5.15. The highest BCUT2D eigenvalue weighted by Crippen LogP contribution is 2.29. The van der Waals surface area contributed by atoms with Crippen LogP contribution in [0.25, 0.3) is 5.52 Å². The van der Waals surface area contributed by atoms with Gasteiger partial charge in [0.25, 0.3) is 0 Å². The first-order chi connectivity index (χ1) is 9.93. The van der Waals surface area contributed by atoms with Crippen molar-refractivity contribution < 1.29 is 4.74 Å². The standard InChI is InChI=1S/C16H16BrN3O/c1-16(2,3)14-10-13-15(18-7-8-20(13)19-14)21-12-6-4-5-11(17)9-12/h4-10H,1-3H3. The fraction of sp³-hybridized carbons (Fsp3) is 0.250. The van der Waals surface area contributed by atoms with Gasteiger partial charge in [-0.15, -0.1) is 0 Å². The lowest BCUT2D eigenvalue weighted by molar-refractivity contribution is 0.465. The van der Waals surface area contributed by atoms with Crippen LogP contribution in [0.2, 0.25) is 0 Å². The summed E-state index contributed by atoms with van der Waals surface area (Å²) in [5.74, 6) is 1.29. The fourth-order valence-corrected chi connectivity index (χ4v) is 2.36. The zero-order chi connectivity index (χ0) is 15.0. The van der Waals surface area contributed by atoms with Crippen molar-refractivity contribution in [2.75, 3.05) is 0 Å². The molecule has 0 saturated carbocycles. The lowest BCUT2D eigenvalue weighted by Crippen LogP contribution is -2.11. The third-order valence-electron chi connectivity index (χ3n) is 3.13. The Morgan fingerprint density at radius 1 is 1.19 bits per heavy atom. The smallest absolute Gasteiger partial charge is 0.245 e. The van der Waals surface area contributed by atoms with Crippen LogP contribution in [0, 0.1) is 0 Å². The molecule has 0 aliphatic carbocycles. The number of benzene rings is 1. The normalized spacial score (nSPS) is 11.8. The summed E-state index contributed by atoms with van der Waals surface area (Å²) >= 11 is 3.44. The van der Waals surface area contributed by atoms with Gasteiger partial charge in [0.05, 0.1) is 5.69 Å². The molecule has 2 aromatic heterocycles. The van der Waals surface area contributed by atoms with Gasteiger partial charge in [-0.25, -0.2) is 9.50 Å². The Bertz CT molecular complexity index is 790. The Hall–Kier alpha value is -1.88. The second-order valence-corrected chi connectivity index (χ2v) is 6.82. The van der Waals surface area contributed by atoms with E-state index in [9.17, 15) is 0 Å². The van der Waals surface area contributed by atoms with Gasteiger partial charge in [0.1, 0.15) is 11.3 Å². The molecule has 0 atom stereocenters. The molecule has 0 unspecified atom stereocenters. The van der Waals surface area contributed by atoms with Crippen LogP contribution >= 0.6 is 15.9 Å². The number of hydrogen-bond donors (Lipinski definition) is 0. The Labute approximate surface area is 131 Å². The molecule has 0 N–H and O–H groups in total. The van der Waals surface area contributed by atoms with Crippen LogP contribution in [0.5, 0.6) is 11.6 Å². The topological polar surface area (TPSA) is 39.4 Å². The number of nitrogens with zero attached hydrogens (tertiary/aromatic N) is 3. The summed E-state index contributed by atoms with van der Waals surface area (Å²) in [6.07, 6.45) is 3.53. The van der Waals surface area contributed by atoms with Crippen molar-refractivity contribution in [3.63, 3.8) is 0 Å². The minimum atomic E-state index is -0.0148. The largest absolute Gasteiger partial charge is 0.437 e. The summed E-state index contributed by atoms with van der Waals surface area (Å²) < 4.78 is 8.67. The van der Waals surface area contributed by atoms with Gasteiger partial charge in [-0.2, -0.15) is 5.10 Å². The summed E-state index contributed by atoms with van der Waals surface area (Å²) in [7, 11) is 0. The molecule has 0 amide bonds. The highest BCUT2D eigenvalue weighted by atomic mass is 79.9. The molecule has 0 aliphatic rings. The van der Waals surface area contributed by atoms with Crippen LogP contribution in [0.1, 0.15) is 26.5 Å². The molecule has 0 aliphatic heterocycles. The molecule has 0 saturated heterocycles. The SMILES string of the molecule is CC(C)(C)c1cc2c(Oc3cccc(Br)c3)nccn2n1. The molecule has 0 spiro atoms. The minimum Gasteiger partial charge on any atom is -0.437 e. The van der Waals surface area contributed by atoms with Gasteiger partial charge in [-0.1, -0.05) is 42.8 Å². The maximum absolute atomic E-state index is 5.90. The van der Waals surface area contributed by atoms with Gasteiger partial charge in [-0.05, 0) is 24.3 Å². The van der Waals surface area contributed by atoms with E-state index in [1.807, 2.05) is 36.5 Å². The molecule has 3 rings (SSSR count). The minimum absolute atomic E-state index is 0.0148. The van der Waals surface area contributed by atoms with Gasteiger partial charge >= 0.3 is 0 Å². The Morgan fingerprint density at radius 3 is 2.71 bits per heavy atom. The van der Waals surface area contributed by atoms with Crippen LogP contribution in [0.4, 0.5) is 0 Å². The number of hydrogen-bond acceptors (Lipinski definition) is 3. The van der Waals surface area contributed by atoms with Crippen LogP contribution in [-0.4, -0.2) is 14.6 Å². The van der Waals surface area contributed by atoms with E-state index in [2.05, 4.69) is 46.8 Å². The molecule has 1 aromatic carbocycles. The van der Waals surface area contributed by atoms with E-state index < -0.39 is 0 Å². The Morgan fingerprint density at radius 2 is 2.00 bits per heavy atom.